The van der Waals surface area contributed by atoms with E-state index >= 15 is 0 Å². The van der Waals surface area contributed by atoms with Gasteiger partial charge < -0.3 is 18.3 Å². The summed E-state index contributed by atoms with van der Waals surface area (Å²) < 4.78 is 21.9. The summed E-state index contributed by atoms with van der Waals surface area (Å²) in [6, 6.07) is 37.8. The van der Waals surface area contributed by atoms with Crippen molar-refractivity contribution in [3.05, 3.63) is 107 Å². The molecule has 3 rings (SSSR count). The molecule has 0 amide bonds. The van der Waals surface area contributed by atoms with Crippen LogP contribution in [-0.2, 0) is 61.7 Å². The number of ether oxygens (including phenoxy) is 2. The van der Waals surface area contributed by atoms with Crippen LogP contribution in [0.3, 0.4) is 0 Å². The van der Waals surface area contributed by atoms with E-state index in [2.05, 4.69) is 181 Å². The smallest absolute Gasteiger partial charge is 0.338 e. The number of Topliss-reactive ketones (excluding diaryl/α,β-unsaturated/α-hetero) is 1. The number of alkyl halides is 1. The van der Waals surface area contributed by atoms with Gasteiger partial charge in [-0.1, -0.05) is 200 Å². The SMILES string of the molecule is CCC(C)Cl.CCC(C)c1ccccc1.CCCO[Si](CC)(CC)CC.CC[SiH](CC)CC.CCc1ccc(CO[Si](CC)(CC)CC)cc1.COCCOC(=O)c1ccc(C(C)=O)cc1.CP.P=S.[V]. The second-order valence-electron chi connectivity index (χ2n) is 17.1. The molecule has 3 aromatic carbocycles. The van der Waals surface area contributed by atoms with Crippen LogP contribution in [0, 0.1) is 0 Å². The molecule has 0 saturated heterocycles. The van der Waals surface area contributed by atoms with Crippen LogP contribution >= 0.6 is 28.9 Å². The number of methoxy groups -OCH3 is 1. The summed E-state index contributed by atoms with van der Waals surface area (Å²) in [4.78, 5) is 22.4. The first-order chi connectivity index (χ1) is 33.5. The molecule has 3 unspecified atom stereocenters. The third-order valence-electron chi connectivity index (χ3n) is 12.8. The van der Waals surface area contributed by atoms with E-state index in [1.807, 2.05) is 13.6 Å². The van der Waals surface area contributed by atoms with E-state index in [1.165, 1.54) is 91.5 Å². The number of carbonyl (C=O) groups is 2. The molecule has 0 saturated carbocycles. The van der Waals surface area contributed by atoms with Crippen molar-refractivity contribution >= 4 is 77.8 Å². The van der Waals surface area contributed by atoms with Crippen LogP contribution in [0.4, 0.5) is 0 Å². The molecule has 0 spiro atoms. The first-order valence-electron chi connectivity index (χ1n) is 26.6. The Bertz CT molecular complexity index is 1550. The first kappa shape index (κ1) is 81.5. The number of esters is 1. The predicted molar refractivity (Wildman–Crippen MR) is 331 cm³/mol. The van der Waals surface area contributed by atoms with Crippen LogP contribution in [-0.4, -0.2) is 76.2 Å². The number of aryl methyl sites for hydroxylation is 1. The zero-order valence-corrected chi connectivity index (χ0v) is 56.8. The number of halogens is 1. The van der Waals surface area contributed by atoms with Gasteiger partial charge in [-0.15, -0.1) is 20.8 Å². The van der Waals surface area contributed by atoms with Crippen molar-refractivity contribution in [2.24, 2.45) is 0 Å². The molecule has 1 radical (unpaired) electrons. The van der Waals surface area contributed by atoms with Gasteiger partial charge >= 0.3 is 5.97 Å². The molecular weight excluding hydrogens is 1050 g/mol. The first-order valence-corrected chi connectivity index (χ1v) is 37.4. The normalized spacial score (nSPS) is 10.9. The van der Waals surface area contributed by atoms with E-state index in [9.17, 15) is 9.59 Å². The standard InChI is InChI=1S/C15H26OSi.C12H14O4.C10H14.C9H22OSi.C6H16Si.C4H9Cl.CH5P.HPS.V/c1-5-14-9-11-15(12-10-14)13-16-17(6-2,7-3)8-4;1-9(13)10-3-5-11(6-4-10)12(14)16-8-7-15-2;1-3-9(2)10-7-5-4-6-8-10;1-5-9-10-11(6-2,7-3)8-4;1-4-7(5-2)6-3;1-3-4(2)5;2*1-2;/h9-12H,5-8,13H2,1-4H3;3-6H,7-8H2,1-2H3;4-9H,3H2,1-2H3;5-9H2,1-4H3;7H,4-6H2,1-3H3;4H,3H2,1-2H3;2H2,1H3;1H;. The summed E-state index contributed by atoms with van der Waals surface area (Å²) >= 11 is 9.35. The van der Waals surface area contributed by atoms with Gasteiger partial charge in [0.15, 0.2) is 22.4 Å². The van der Waals surface area contributed by atoms with Crippen molar-refractivity contribution in [1.29, 1.82) is 0 Å². The van der Waals surface area contributed by atoms with Crippen molar-refractivity contribution in [3.8, 4) is 0 Å². The average molecular weight is 1150 g/mol. The topological polar surface area (TPSA) is 71.1 Å². The van der Waals surface area contributed by atoms with Gasteiger partial charge in [0.2, 0.25) is 0 Å². The maximum absolute atomic E-state index is 11.4. The van der Waals surface area contributed by atoms with Crippen LogP contribution < -0.4 is 0 Å². The van der Waals surface area contributed by atoms with Crippen LogP contribution in [0.2, 0.25) is 54.4 Å². The number of carbonyl (C=O) groups excluding carboxylic acids is 2. The van der Waals surface area contributed by atoms with E-state index < -0.39 is 22.6 Å². The Morgan fingerprint density at radius 1 is 0.620 bits per heavy atom. The van der Waals surface area contributed by atoms with Gasteiger partial charge in [0.05, 0.1) is 18.8 Å². The summed E-state index contributed by atoms with van der Waals surface area (Å²) in [5, 5.41) is 0.356. The fraction of sp³-hybridized carbons (Fsp3) is 0.649. The van der Waals surface area contributed by atoms with Crippen molar-refractivity contribution in [1.82, 2.24) is 0 Å². The Kier molecular flexibility index (Phi) is 65.3. The van der Waals surface area contributed by atoms with Crippen molar-refractivity contribution in [2.75, 3.05) is 33.6 Å². The number of benzene rings is 3. The summed E-state index contributed by atoms with van der Waals surface area (Å²) in [6.07, 6.45) is 4.57. The Balaban J connectivity index is -0.000000182. The summed E-state index contributed by atoms with van der Waals surface area (Å²) in [7, 11) is 3.68. The molecule has 0 aliphatic carbocycles. The molecule has 3 atom stereocenters. The van der Waals surface area contributed by atoms with E-state index in [1.54, 1.807) is 24.3 Å². The number of hydrogen-bond acceptors (Lipinski definition) is 7. The van der Waals surface area contributed by atoms with Crippen LogP contribution in [0.5, 0.6) is 0 Å². The molecule has 71 heavy (non-hydrogen) atoms. The van der Waals surface area contributed by atoms with E-state index in [4.69, 9.17) is 29.9 Å². The van der Waals surface area contributed by atoms with Gasteiger partial charge in [-0.25, -0.2) is 4.79 Å². The van der Waals surface area contributed by atoms with E-state index in [0.29, 0.717) is 29.0 Å². The van der Waals surface area contributed by atoms with Crippen molar-refractivity contribution in [2.45, 2.75) is 209 Å². The molecule has 411 valence electrons. The van der Waals surface area contributed by atoms with Crippen LogP contribution in [0.15, 0.2) is 78.9 Å². The molecule has 0 N–H and O–H groups in total. The summed E-state index contributed by atoms with van der Waals surface area (Å²) in [6.45, 7) is 39.3. The second kappa shape index (κ2) is 56.9. The molecule has 0 aliphatic heterocycles. The maximum atomic E-state index is 11.4. The average Bonchev–Trinajstić information content (AvgIpc) is 3.42. The number of ketones is 1. The van der Waals surface area contributed by atoms with Gasteiger partial charge in [0.25, 0.3) is 0 Å². The van der Waals surface area contributed by atoms with E-state index in [0.717, 1.165) is 32.5 Å². The van der Waals surface area contributed by atoms with Gasteiger partial charge in [-0.3, -0.25) is 4.79 Å². The van der Waals surface area contributed by atoms with Crippen molar-refractivity contribution < 1.29 is 46.5 Å². The van der Waals surface area contributed by atoms with Crippen LogP contribution in [0.25, 0.3) is 0 Å². The Morgan fingerprint density at radius 2 is 1.03 bits per heavy atom. The van der Waals surface area contributed by atoms with Gasteiger partial charge in [-0.2, -0.15) is 0 Å². The molecule has 0 aromatic heterocycles. The zero-order valence-electron chi connectivity index (χ0n) is 48.5. The summed E-state index contributed by atoms with van der Waals surface area (Å²) in [5.74, 6) is 0.271. The Hall–Kier alpha value is -0.845. The molecular formula is C57H107ClO6P2SSi3V. The van der Waals surface area contributed by atoms with Crippen molar-refractivity contribution in [3.63, 3.8) is 0 Å². The van der Waals surface area contributed by atoms with E-state index in [-0.39, 0.29) is 39.7 Å². The molecule has 0 aliphatic rings. The Labute approximate surface area is 470 Å². The quantitative estimate of drug-likeness (QED) is 0.0221. The largest absolute Gasteiger partial charge is 0.460 e. The van der Waals surface area contributed by atoms with Crippen LogP contribution in [0.1, 0.15) is 173 Å². The molecule has 0 fully saturated rings. The fourth-order valence-corrected chi connectivity index (χ4v) is 13.6. The number of hydrogen-bond donors (Lipinski definition) is 0. The Morgan fingerprint density at radius 3 is 1.35 bits per heavy atom. The van der Waals surface area contributed by atoms with Gasteiger partial charge in [-0.05, 0) is 119 Å². The third kappa shape index (κ3) is 43.0. The van der Waals surface area contributed by atoms with Gasteiger partial charge in [0.1, 0.15) is 6.61 Å². The second-order valence-corrected chi connectivity index (χ2v) is 31.5. The zero-order chi connectivity index (χ0) is 54.8. The summed E-state index contributed by atoms with van der Waals surface area (Å²) in [5.41, 5.74) is 5.17. The molecule has 0 heterocycles. The van der Waals surface area contributed by atoms with Gasteiger partial charge in [0, 0.05) is 52.0 Å². The third-order valence-corrected chi connectivity index (χ3v) is 25.9. The number of rotatable bonds is 24. The monoisotopic (exact) mass is 1150 g/mol. The maximum Gasteiger partial charge on any atom is 0.338 e. The minimum absolute atomic E-state index is 0. The molecule has 3 aromatic rings. The minimum atomic E-state index is -1.42. The predicted octanol–water partition coefficient (Wildman–Crippen LogP) is 18.5. The fourth-order valence-electron chi connectivity index (χ4n) is 6.56. The molecule has 0 bridgehead atoms. The minimum Gasteiger partial charge on any atom is -0.460 e. The molecule has 14 heteroatoms. The molecule has 6 nitrogen and oxygen atoms in total.